The first-order chi connectivity index (χ1) is 13.1. The SMILES string of the molecule is CCOC(=O)c1c(-c2cccs2)csc1NC(=O)COC(=O)c1ccco1. The highest BCUT2D eigenvalue weighted by Crippen LogP contribution is 2.38. The van der Waals surface area contributed by atoms with Crippen molar-refractivity contribution in [2.75, 3.05) is 18.5 Å². The summed E-state index contributed by atoms with van der Waals surface area (Å²) in [5.41, 5.74) is 0.978. The summed E-state index contributed by atoms with van der Waals surface area (Å²) in [4.78, 5) is 37.1. The number of anilines is 1. The number of nitrogens with one attached hydrogen (secondary N) is 1. The summed E-state index contributed by atoms with van der Waals surface area (Å²) in [5, 5.41) is 6.63. The Kier molecular flexibility index (Phi) is 6.05. The van der Waals surface area contributed by atoms with E-state index in [1.165, 1.54) is 35.0 Å². The van der Waals surface area contributed by atoms with Crippen LogP contribution in [0, 0.1) is 0 Å². The molecule has 9 heteroatoms. The number of rotatable bonds is 7. The van der Waals surface area contributed by atoms with Gasteiger partial charge in [0.1, 0.15) is 10.6 Å². The fraction of sp³-hybridized carbons (Fsp3) is 0.167. The Morgan fingerprint density at radius 2 is 1.96 bits per heavy atom. The van der Waals surface area contributed by atoms with Gasteiger partial charge in [0.2, 0.25) is 5.76 Å². The number of esters is 2. The lowest BCUT2D eigenvalue weighted by Gasteiger charge is -2.08. The maximum atomic E-state index is 12.4. The number of hydrogen-bond donors (Lipinski definition) is 1. The molecule has 1 N–H and O–H groups in total. The van der Waals surface area contributed by atoms with Gasteiger partial charge in [0.05, 0.1) is 12.9 Å². The van der Waals surface area contributed by atoms with Crippen molar-refractivity contribution in [3.05, 3.63) is 52.6 Å². The second kappa shape index (κ2) is 8.65. The summed E-state index contributed by atoms with van der Waals surface area (Å²) in [6.45, 7) is 1.42. The summed E-state index contributed by atoms with van der Waals surface area (Å²) in [7, 11) is 0. The van der Waals surface area contributed by atoms with Gasteiger partial charge in [0.15, 0.2) is 6.61 Å². The van der Waals surface area contributed by atoms with Gasteiger partial charge in [-0.2, -0.15) is 0 Å². The molecule has 0 fully saturated rings. The summed E-state index contributed by atoms with van der Waals surface area (Å²) in [6, 6.07) is 6.73. The van der Waals surface area contributed by atoms with Gasteiger partial charge in [-0.1, -0.05) is 6.07 Å². The van der Waals surface area contributed by atoms with E-state index < -0.39 is 24.5 Å². The molecule has 0 aromatic carbocycles. The Bertz CT molecular complexity index is 927. The molecule has 7 nitrogen and oxygen atoms in total. The molecule has 3 rings (SSSR count). The van der Waals surface area contributed by atoms with E-state index in [2.05, 4.69) is 5.32 Å². The standard InChI is InChI=1S/C18H15NO6S2/c1-2-23-18(22)15-11(13-6-4-8-26-13)10-27-16(15)19-14(20)9-25-17(21)12-5-3-7-24-12/h3-8,10H,2,9H2,1H3,(H,19,20). The number of thiophene rings is 2. The molecule has 0 bridgehead atoms. The Labute approximate surface area is 162 Å². The Balaban J connectivity index is 1.73. The van der Waals surface area contributed by atoms with Crippen molar-refractivity contribution in [2.24, 2.45) is 0 Å². The monoisotopic (exact) mass is 405 g/mol. The topological polar surface area (TPSA) is 94.8 Å². The fourth-order valence-corrected chi connectivity index (χ4v) is 4.02. The number of amides is 1. The molecule has 0 aliphatic rings. The molecule has 0 atom stereocenters. The summed E-state index contributed by atoms with van der Waals surface area (Å²) in [5.74, 6) is -1.83. The molecule has 0 unspecified atom stereocenters. The predicted molar refractivity (Wildman–Crippen MR) is 101 cm³/mol. The van der Waals surface area contributed by atoms with Crippen LogP contribution in [-0.4, -0.2) is 31.1 Å². The van der Waals surface area contributed by atoms with E-state index in [4.69, 9.17) is 13.9 Å². The first-order valence-corrected chi connectivity index (χ1v) is 9.69. The number of hydrogen-bond acceptors (Lipinski definition) is 8. The van der Waals surface area contributed by atoms with Crippen LogP contribution in [0.15, 0.2) is 45.7 Å². The maximum Gasteiger partial charge on any atom is 0.374 e. The van der Waals surface area contributed by atoms with Crippen LogP contribution in [0.4, 0.5) is 5.00 Å². The van der Waals surface area contributed by atoms with Gasteiger partial charge in [-0.3, -0.25) is 4.79 Å². The summed E-state index contributed by atoms with van der Waals surface area (Å²) < 4.78 is 14.9. The summed E-state index contributed by atoms with van der Waals surface area (Å²) in [6.07, 6.45) is 1.33. The van der Waals surface area contributed by atoms with Crippen LogP contribution in [-0.2, 0) is 14.3 Å². The van der Waals surface area contributed by atoms with Crippen molar-refractivity contribution in [1.29, 1.82) is 0 Å². The minimum absolute atomic E-state index is 0.00566. The van der Waals surface area contributed by atoms with Crippen molar-refractivity contribution < 1.29 is 28.3 Å². The molecule has 0 aliphatic heterocycles. The maximum absolute atomic E-state index is 12.4. The molecular weight excluding hydrogens is 390 g/mol. The van der Waals surface area contributed by atoms with Gasteiger partial charge in [-0.15, -0.1) is 22.7 Å². The number of ether oxygens (including phenoxy) is 2. The third-order valence-corrected chi connectivity index (χ3v) is 5.17. The lowest BCUT2D eigenvalue weighted by atomic mass is 10.1. The van der Waals surface area contributed by atoms with Gasteiger partial charge >= 0.3 is 11.9 Å². The van der Waals surface area contributed by atoms with Crippen molar-refractivity contribution in [2.45, 2.75) is 6.92 Å². The van der Waals surface area contributed by atoms with Crippen LogP contribution < -0.4 is 5.32 Å². The second-order valence-corrected chi connectivity index (χ2v) is 6.98. The highest BCUT2D eigenvalue weighted by molar-refractivity contribution is 7.17. The second-order valence-electron chi connectivity index (χ2n) is 5.15. The van der Waals surface area contributed by atoms with Gasteiger partial charge in [0.25, 0.3) is 5.91 Å². The van der Waals surface area contributed by atoms with E-state index in [0.29, 0.717) is 10.6 Å². The minimum Gasteiger partial charge on any atom is -0.462 e. The molecule has 3 aromatic rings. The zero-order chi connectivity index (χ0) is 19.2. The van der Waals surface area contributed by atoms with Crippen LogP contribution in [0.25, 0.3) is 10.4 Å². The largest absolute Gasteiger partial charge is 0.462 e. The van der Waals surface area contributed by atoms with Crippen molar-refractivity contribution in [3.63, 3.8) is 0 Å². The van der Waals surface area contributed by atoms with E-state index in [-0.39, 0.29) is 17.9 Å². The quantitative estimate of drug-likeness (QED) is 0.596. The number of carbonyl (C=O) groups is 3. The zero-order valence-electron chi connectivity index (χ0n) is 14.2. The van der Waals surface area contributed by atoms with Crippen molar-refractivity contribution >= 4 is 45.5 Å². The Morgan fingerprint density at radius 3 is 2.63 bits per heavy atom. The zero-order valence-corrected chi connectivity index (χ0v) is 15.9. The molecule has 140 valence electrons. The fourth-order valence-electron chi connectivity index (χ4n) is 2.23. The molecule has 0 spiro atoms. The van der Waals surface area contributed by atoms with Crippen molar-refractivity contribution in [3.8, 4) is 10.4 Å². The molecule has 3 aromatic heterocycles. The highest BCUT2D eigenvalue weighted by atomic mass is 32.1. The van der Waals surface area contributed by atoms with Crippen LogP contribution in [0.1, 0.15) is 27.8 Å². The van der Waals surface area contributed by atoms with Crippen LogP contribution in [0.3, 0.4) is 0 Å². The van der Waals surface area contributed by atoms with E-state index in [0.717, 1.165) is 4.88 Å². The first-order valence-electron chi connectivity index (χ1n) is 7.93. The van der Waals surface area contributed by atoms with E-state index in [1.54, 1.807) is 18.4 Å². The molecule has 0 saturated heterocycles. The molecule has 27 heavy (non-hydrogen) atoms. The molecule has 0 saturated carbocycles. The third-order valence-electron chi connectivity index (χ3n) is 3.37. The molecule has 3 heterocycles. The average Bonchev–Trinajstić information content (AvgIpc) is 3.40. The summed E-state index contributed by atoms with van der Waals surface area (Å²) >= 11 is 2.68. The molecule has 0 radical (unpaired) electrons. The first kappa shape index (κ1) is 18.9. The predicted octanol–water partition coefficient (Wildman–Crippen LogP) is 4.04. The van der Waals surface area contributed by atoms with Gasteiger partial charge in [-0.05, 0) is 30.5 Å². The van der Waals surface area contributed by atoms with Gasteiger partial charge in [-0.25, -0.2) is 9.59 Å². The smallest absolute Gasteiger partial charge is 0.374 e. The lowest BCUT2D eigenvalue weighted by Crippen LogP contribution is -2.21. The van der Waals surface area contributed by atoms with Crippen molar-refractivity contribution in [1.82, 2.24) is 0 Å². The van der Waals surface area contributed by atoms with Crippen LogP contribution in [0.2, 0.25) is 0 Å². The van der Waals surface area contributed by atoms with Gasteiger partial charge in [0, 0.05) is 15.8 Å². The number of furan rings is 1. The van der Waals surface area contributed by atoms with Crippen LogP contribution >= 0.6 is 22.7 Å². The van der Waals surface area contributed by atoms with E-state index in [1.807, 2.05) is 17.5 Å². The highest BCUT2D eigenvalue weighted by Gasteiger charge is 2.23. The minimum atomic E-state index is -0.744. The Morgan fingerprint density at radius 1 is 1.11 bits per heavy atom. The third kappa shape index (κ3) is 4.44. The van der Waals surface area contributed by atoms with Gasteiger partial charge < -0.3 is 19.2 Å². The number of carbonyl (C=O) groups excluding carboxylic acids is 3. The van der Waals surface area contributed by atoms with Crippen LogP contribution in [0.5, 0.6) is 0 Å². The molecular formula is C18H15NO6S2. The Hall–Kier alpha value is -2.91. The normalized spacial score (nSPS) is 10.4. The van der Waals surface area contributed by atoms with E-state index >= 15 is 0 Å². The molecule has 0 aliphatic carbocycles. The molecule has 1 amide bonds. The average molecular weight is 405 g/mol. The lowest BCUT2D eigenvalue weighted by molar-refractivity contribution is -0.119. The van der Waals surface area contributed by atoms with E-state index in [9.17, 15) is 14.4 Å².